The number of esters is 1. The van der Waals surface area contributed by atoms with Crippen molar-refractivity contribution in [1.82, 2.24) is 0 Å². The van der Waals surface area contributed by atoms with Crippen molar-refractivity contribution < 1.29 is 19.0 Å². The van der Waals surface area contributed by atoms with Crippen LogP contribution in [0.2, 0.25) is 0 Å². The minimum absolute atomic E-state index is 0.267. The zero-order valence-electron chi connectivity index (χ0n) is 14.6. The molecular formula is C19H20Br2O4. The van der Waals surface area contributed by atoms with Gasteiger partial charge in [0.25, 0.3) is 0 Å². The van der Waals surface area contributed by atoms with Crippen LogP contribution in [0.25, 0.3) is 0 Å². The molecule has 134 valence electrons. The number of halogens is 2. The molecular weight excluding hydrogens is 452 g/mol. The molecule has 0 aliphatic heterocycles. The van der Waals surface area contributed by atoms with Crippen LogP contribution >= 0.6 is 31.9 Å². The summed E-state index contributed by atoms with van der Waals surface area (Å²) in [4.78, 5) is 12.3. The highest BCUT2D eigenvalue weighted by Gasteiger charge is 2.14. The second-order valence-corrected chi connectivity index (χ2v) is 7.41. The maximum absolute atomic E-state index is 12.3. The number of benzene rings is 2. The Morgan fingerprint density at radius 1 is 0.960 bits per heavy atom. The van der Waals surface area contributed by atoms with Crippen LogP contribution in [-0.2, 0) is 11.2 Å². The fraction of sp³-hybridized carbons (Fsp3) is 0.316. The number of carbonyl (C=O) groups excluding carboxylic acids is 1. The molecule has 0 unspecified atom stereocenters. The minimum atomic E-state index is -0.268. The van der Waals surface area contributed by atoms with Gasteiger partial charge in [0.1, 0.15) is 5.75 Å². The van der Waals surface area contributed by atoms with Crippen molar-refractivity contribution in [3.63, 3.8) is 0 Å². The molecule has 25 heavy (non-hydrogen) atoms. The van der Waals surface area contributed by atoms with Crippen molar-refractivity contribution in [2.75, 3.05) is 14.2 Å². The van der Waals surface area contributed by atoms with Gasteiger partial charge in [-0.15, -0.1) is 0 Å². The second kappa shape index (κ2) is 8.72. The van der Waals surface area contributed by atoms with Crippen LogP contribution in [-0.4, -0.2) is 20.2 Å². The molecule has 0 bridgehead atoms. The van der Waals surface area contributed by atoms with Crippen LogP contribution in [0.5, 0.6) is 17.2 Å². The number of carbonyl (C=O) groups is 1. The van der Waals surface area contributed by atoms with Crippen molar-refractivity contribution in [2.24, 2.45) is 0 Å². The van der Waals surface area contributed by atoms with E-state index in [1.54, 1.807) is 14.2 Å². The van der Waals surface area contributed by atoms with Gasteiger partial charge in [-0.1, -0.05) is 31.9 Å². The predicted octanol–water partition coefficient (Wildman–Crippen LogP) is 5.38. The van der Waals surface area contributed by atoms with Crippen LogP contribution in [0.4, 0.5) is 0 Å². The zero-order valence-corrected chi connectivity index (χ0v) is 17.8. The first-order chi connectivity index (χ1) is 11.8. The van der Waals surface area contributed by atoms with Gasteiger partial charge in [0, 0.05) is 8.95 Å². The van der Waals surface area contributed by atoms with Crippen molar-refractivity contribution >= 4 is 37.8 Å². The lowest BCUT2D eigenvalue weighted by molar-refractivity contribution is -0.134. The number of ether oxygens (including phenoxy) is 3. The SMILES string of the molecule is COc1cc(Br)c(CCC(=O)Oc2c(C)cc(Br)cc2C)cc1OC. The third-order valence-corrected chi connectivity index (χ3v) is 4.99. The molecule has 0 aromatic heterocycles. The highest BCUT2D eigenvalue weighted by molar-refractivity contribution is 9.10. The fourth-order valence-electron chi connectivity index (χ4n) is 2.55. The van der Waals surface area contributed by atoms with E-state index in [4.69, 9.17) is 14.2 Å². The van der Waals surface area contributed by atoms with Gasteiger partial charge in [-0.25, -0.2) is 0 Å². The molecule has 0 radical (unpaired) electrons. The lowest BCUT2D eigenvalue weighted by Gasteiger charge is -2.13. The summed E-state index contributed by atoms with van der Waals surface area (Å²) in [5, 5.41) is 0. The lowest BCUT2D eigenvalue weighted by Crippen LogP contribution is -2.11. The Hall–Kier alpha value is -1.53. The van der Waals surface area contributed by atoms with Crippen LogP contribution < -0.4 is 14.2 Å². The van der Waals surface area contributed by atoms with E-state index in [9.17, 15) is 4.79 Å². The quantitative estimate of drug-likeness (QED) is 0.418. The van der Waals surface area contributed by atoms with Gasteiger partial charge in [0.15, 0.2) is 11.5 Å². The summed E-state index contributed by atoms with van der Waals surface area (Å²) in [5.74, 6) is 1.63. The van der Waals surface area contributed by atoms with Gasteiger partial charge < -0.3 is 14.2 Å². The average Bonchev–Trinajstić information content (AvgIpc) is 2.56. The Balaban J connectivity index is 2.08. The van der Waals surface area contributed by atoms with Crippen molar-refractivity contribution in [1.29, 1.82) is 0 Å². The molecule has 0 saturated heterocycles. The number of methoxy groups -OCH3 is 2. The van der Waals surface area contributed by atoms with Crippen molar-refractivity contribution in [3.05, 3.63) is 49.9 Å². The summed E-state index contributed by atoms with van der Waals surface area (Å²) in [6.07, 6.45) is 0.803. The molecule has 0 atom stereocenters. The molecule has 2 aromatic rings. The van der Waals surface area contributed by atoms with E-state index >= 15 is 0 Å². The molecule has 0 amide bonds. The standard InChI is InChI=1S/C19H20Br2O4/c1-11-7-14(20)8-12(2)19(11)25-18(22)6-5-13-9-16(23-3)17(24-4)10-15(13)21/h7-10H,5-6H2,1-4H3. The highest BCUT2D eigenvalue weighted by atomic mass is 79.9. The van der Waals surface area contributed by atoms with Gasteiger partial charge in [0.05, 0.1) is 20.6 Å². The fourth-order valence-corrected chi connectivity index (χ4v) is 3.76. The average molecular weight is 472 g/mol. The van der Waals surface area contributed by atoms with Gasteiger partial charge >= 0.3 is 5.97 Å². The topological polar surface area (TPSA) is 44.8 Å². The smallest absolute Gasteiger partial charge is 0.311 e. The Labute approximate surface area is 164 Å². The minimum Gasteiger partial charge on any atom is -0.493 e. The van der Waals surface area contributed by atoms with Gasteiger partial charge in [-0.3, -0.25) is 4.79 Å². The molecule has 0 aliphatic rings. The van der Waals surface area contributed by atoms with E-state index in [0.717, 1.165) is 25.6 Å². The highest BCUT2D eigenvalue weighted by Crippen LogP contribution is 2.34. The summed E-state index contributed by atoms with van der Waals surface area (Å²) in [6.45, 7) is 3.84. The van der Waals surface area contributed by atoms with Crippen molar-refractivity contribution in [2.45, 2.75) is 26.7 Å². The maximum atomic E-state index is 12.3. The Kier molecular flexibility index (Phi) is 6.90. The molecule has 0 saturated carbocycles. The van der Waals surface area contributed by atoms with Crippen LogP contribution in [0.1, 0.15) is 23.1 Å². The van der Waals surface area contributed by atoms with Crippen LogP contribution in [0.3, 0.4) is 0 Å². The lowest BCUT2D eigenvalue weighted by atomic mass is 10.1. The van der Waals surface area contributed by atoms with E-state index in [2.05, 4.69) is 31.9 Å². The largest absolute Gasteiger partial charge is 0.493 e. The predicted molar refractivity (Wildman–Crippen MR) is 105 cm³/mol. The molecule has 6 heteroatoms. The molecule has 0 heterocycles. The first-order valence-electron chi connectivity index (χ1n) is 7.73. The molecule has 0 spiro atoms. The number of hydrogen-bond acceptors (Lipinski definition) is 4. The Morgan fingerprint density at radius 2 is 1.52 bits per heavy atom. The second-order valence-electron chi connectivity index (χ2n) is 5.64. The molecule has 2 rings (SSSR count). The third-order valence-electron chi connectivity index (χ3n) is 3.79. The molecule has 0 aliphatic carbocycles. The Bertz CT molecular complexity index is 764. The summed E-state index contributed by atoms with van der Waals surface area (Å²) in [6, 6.07) is 7.57. The van der Waals surface area contributed by atoms with Gasteiger partial charge in [-0.05, 0) is 61.2 Å². The van der Waals surface area contributed by atoms with E-state index in [1.165, 1.54) is 0 Å². The van der Waals surface area contributed by atoms with E-state index in [-0.39, 0.29) is 12.4 Å². The maximum Gasteiger partial charge on any atom is 0.311 e. The third kappa shape index (κ3) is 4.98. The van der Waals surface area contributed by atoms with Crippen LogP contribution in [0.15, 0.2) is 33.2 Å². The molecule has 0 N–H and O–H groups in total. The van der Waals surface area contributed by atoms with Crippen molar-refractivity contribution in [3.8, 4) is 17.2 Å². The summed E-state index contributed by atoms with van der Waals surface area (Å²) < 4.78 is 18.0. The summed E-state index contributed by atoms with van der Waals surface area (Å²) >= 11 is 6.95. The number of hydrogen-bond donors (Lipinski definition) is 0. The first-order valence-corrected chi connectivity index (χ1v) is 9.32. The van der Waals surface area contributed by atoms with Gasteiger partial charge in [0.2, 0.25) is 0 Å². The van der Waals surface area contributed by atoms with Crippen LogP contribution in [0, 0.1) is 13.8 Å². The Morgan fingerprint density at radius 3 is 2.08 bits per heavy atom. The summed E-state index contributed by atoms with van der Waals surface area (Å²) in [7, 11) is 3.17. The monoisotopic (exact) mass is 470 g/mol. The molecule has 2 aromatic carbocycles. The number of aryl methyl sites for hydroxylation is 3. The van der Waals surface area contributed by atoms with E-state index < -0.39 is 0 Å². The van der Waals surface area contributed by atoms with Gasteiger partial charge in [-0.2, -0.15) is 0 Å². The van der Waals surface area contributed by atoms with E-state index in [0.29, 0.717) is 23.7 Å². The molecule has 4 nitrogen and oxygen atoms in total. The number of rotatable bonds is 6. The normalized spacial score (nSPS) is 10.5. The first kappa shape index (κ1) is 19.8. The molecule has 0 fully saturated rings. The summed E-state index contributed by atoms with van der Waals surface area (Å²) in [5.41, 5.74) is 2.80. The zero-order chi connectivity index (χ0) is 18.6. The van der Waals surface area contributed by atoms with E-state index in [1.807, 2.05) is 38.1 Å².